The minimum Gasteiger partial charge on any atom is -0.460 e. The molecule has 1 atom stereocenters. The fourth-order valence-corrected chi connectivity index (χ4v) is 2.16. The van der Waals surface area contributed by atoms with Crippen LogP contribution < -0.4 is 4.74 Å². The number of carbonyl (C=O) groups is 2. The van der Waals surface area contributed by atoms with Crippen molar-refractivity contribution in [2.24, 2.45) is 5.92 Å². The third kappa shape index (κ3) is 4.48. The Balaban J connectivity index is 1.87. The summed E-state index contributed by atoms with van der Waals surface area (Å²) in [6, 6.07) is 8.90. The minimum atomic E-state index is -0.505. The number of para-hydroxylation sites is 1. The van der Waals surface area contributed by atoms with Gasteiger partial charge in [0.1, 0.15) is 11.4 Å². The number of nitrogens with zero attached hydrogens (tertiary/aromatic N) is 1. The summed E-state index contributed by atoms with van der Waals surface area (Å²) in [5, 5.41) is 0. The number of rotatable bonds is 2. The van der Waals surface area contributed by atoms with Crippen LogP contribution in [0.5, 0.6) is 5.75 Å². The maximum Gasteiger partial charge on any atom is 0.415 e. The second-order valence-electron chi connectivity index (χ2n) is 6.15. The van der Waals surface area contributed by atoms with Gasteiger partial charge in [-0.1, -0.05) is 18.2 Å². The Hall–Kier alpha value is -2.04. The van der Waals surface area contributed by atoms with Gasteiger partial charge in [-0.2, -0.15) is 0 Å². The molecule has 0 radical (unpaired) electrons. The van der Waals surface area contributed by atoms with Gasteiger partial charge in [-0.15, -0.1) is 0 Å². The van der Waals surface area contributed by atoms with Gasteiger partial charge in [0.2, 0.25) is 0 Å². The smallest absolute Gasteiger partial charge is 0.415 e. The number of ether oxygens (including phenoxy) is 2. The van der Waals surface area contributed by atoms with E-state index in [0.717, 1.165) is 0 Å². The van der Waals surface area contributed by atoms with Crippen molar-refractivity contribution >= 4 is 12.1 Å². The summed E-state index contributed by atoms with van der Waals surface area (Å²) in [7, 11) is 0. The van der Waals surface area contributed by atoms with Gasteiger partial charge in [-0.25, -0.2) is 4.79 Å². The first-order valence-corrected chi connectivity index (χ1v) is 7.10. The molecule has 5 heteroatoms. The molecule has 0 aromatic heterocycles. The van der Waals surface area contributed by atoms with Crippen LogP contribution in [0.25, 0.3) is 0 Å². The molecule has 5 nitrogen and oxygen atoms in total. The maximum atomic E-state index is 12.0. The second-order valence-corrected chi connectivity index (χ2v) is 6.15. The van der Waals surface area contributed by atoms with Crippen molar-refractivity contribution in [1.82, 2.24) is 4.90 Å². The summed E-state index contributed by atoms with van der Waals surface area (Å²) in [6.45, 7) is 6.36. The lowest BCUT2D eigenvalue weighted by Gasteiger charge is -2.22. The van der Waals surface area contributed by atoms with E-state index in [1.807, 2.05) is 26.8 Å². The molecule has 0 spiro atoms. The molecule has 0 bridgehead atoms. The molecular formula is C16H21NO4. The highest BCUT2D eigenvalue weighted by atomic mass is 16.6. The molecule has 114 valence electrons. The molecular weight excluding hydrogens is 270 g/mol. The summed E-state index contributed by atoms with van der Waals surface area (Å²) in [5.74, 6) is -0.0201. The van der Waals surface area contributed by atoms with Crippen molar-refractivity contribution in [3.8, 4) is 5.75 Å². The largest absolute Gasteiger partial charge is 0.460 e. The predicted octanol–water partition coefficient (Wildman–Crippen LogP) is 2.85. The summed E-state index contributed by atoms with van der Waals surface area (Å²) in [4.78, 5) is 25.5. The molecule has 1 aromatic carbocycles. The third-order valence-corrected chi connectivity index (χ3v) is 3.13. The SMILES string of the molecule is CC(C)(C)OC(=O)[C@H]1CCN(C(=O)Oc2ccccc2)C1. The van der Waals surface area contributed by atoms with Crippen LogP contribution in [0.2, 0.25) is 0 Å². The lowest BCUT2D eigenvalue weighted by molar-refractivity contribution is -0.159. The van der Waals surface area contributed by atoms with Gasteiger partial charge in [-0.3, -0.25) is 4.79 Å². The summed E-state index contributed by atoms with van der Waals surface area (Å²) in [6.07, 6.45) is 0.186. The van der Waals surface area contributed by atoms with E-state index in [4.69, 9.17) is 9.47 Å². The Morgan fingerprint density at radius 2 is 1.86 bits per heavy atom. The molecule has 21 heavy (non-hydrogen) atoms. The van der Waals surface area contributed by atoms with E-state index in [0.29, 0.717) is 25.3 Å². The molecule has 0 aliphatic carbocycles. The number of amides is 1. The van der Waals surface area contributed by atoms with Crippen molar-refractivity contribution < 1.29 is 19.1 Å². The first kappa shape index (κ1) is 15.4. The van der Waals surface area contributed by atoms with Gasteiger partial charge in [0, 0.05) is 13.1 Å². The Bertz CT molecular complexity index is 507. The summed E-state index contributed by atoms with van der Waals surface area (Å²) >= 11 is 0. The molecule has 0 N–H and O–H groups in total. The first-order valence-electron chi connectivity index (χ1n) is 7.10. The van der Waals surface area contributed by atoms with E-state index in [9.17, 15) is 9.59 Å². The molecule has 1 fully saturated rings. The van der Waals surface area contributed by atoms with Crippen LogP contribution in [0.15, 0.2) is 30.3 Å². The van der Waals surface area contributed by atoms with Crippen molar-refractivity contribution in [2.75, 3.05) is 13.1 Å². The predicted molar refractivity (Wildman–Crippen MR) is 78.0 cm³/mol. The van der Waals surface area contributed by atoms with Gasteiger partial charge >= 0.3 is 12.1 Å². The molecule has 1 aliphatic heterocycles. The average Bonchev–Trinajstić information content (AvgIpc) is 2.87. The standard InChI is InChI=1S/C16H21NO4/c1-16(2,3)21-14(18)12-9-10-17(11-12)15(19)20-13-7-5-4-6-8-13/h4-8,12H,9-11H2,1-3H3/t12-/m0/s1. The van der Waals surface area contributed by atoms with Crippen LogP contribution in [-0.2, 0) is 9.53 Å². The topological polar surface area (TPSA) is 55.8 Å². The zero-order valence-corrected chi connectivity index (χ0v) is 12.7. The van der Waals surface area contributed by atoms with Crippen LogP contribution in [0, 0.1) is 5.92 Å². The third-order valence-electron chi connectivity index (χ3n) is 3.13. The number of likely N-dealkylation sites (tertiary alicyclic amines) is 1. The van der Waals surface area contributed by atoms with Crippen molar-refractivity contribution in [3.63, 3.8) is 0 Å². The number of benzene rings is 1. The minimum absolute atomic E-state index is 0.252. The monoisotopic (exact) mass is 291 g/mol. The fraction of sp³-hybridized carbons (Fsp3) is 0.500. The highest BCUT2D eigenvalue weighted by molar-refractivity contribution is 5.76. The first-order chi connectivity index (χ1) is 9.85. The molecule has 1 heterocycles. The van der Waals surface area contributed by atoms with Crippen LogP contribution in [-0.4, -0.2) is 35.7 Å². The van der Waals surface area contributed by atoms with Crippen LogP contribution in [0.4, 0.5) is 4.79 Å². The highest BCUT2D eigenvalue weighted by Gasteiger charge is 2.34. The molecule has 2 rings (SSSR count). The molecule has 1 aliphatic rings. The summed E-state index contributed by atoms with van der Waals surface area (Å²) in [5.41, 5.74) is -0.505. The lowest BCUT2D eigenvalue weighted by Crippen LogP contribution is -2.34. The Morgan fingerprint density at radius 3 is 2.48 bits per heavy atom. The van der Waals surface area contributed by atoms with E-state index in [1.54, 1.807) is 29.2 Å². The number of esters is 1. The molecule has 0 unspecified atom stereocenters. The van der Waals surface area contributed by atoms with Crippen molar-refractivity contribution in [2.45, 2.75) is 32.8 Å². The van der Waals surface area contributed by atoms with Gasteiger partial charge in [0.25, 0.3) is 0 Å². The van der Waals surface area contributed by atoms with Crippen LogP contribution in [0.1, 0.15) is 27.2 Å². The van der Waals surface area contributed by atoms with E-state index in [1.165, 1.54) is 0 Å². The van der Waals surface area contributed by atoms with Gasteiger partial charge in [0.15, 0.2) is 0 Å². The van der Waals surface area contributed by atoms with Gasteiger partial charge in [0.05, 0.1) is 5.92 Å². The molecule has 1 amide bonds. The van der Waals surface area contributed by atoms with E-state index in [-0.39, 0.29) is 11.9 Å². The average molecular weight is 291 g/mol. The Kier molecular flexibility index (Phi) is 4.50. The Labute approximate surface area is 124 Å². The van der Waals surface area contributed by atoms with Crippen LogP contribution in [0.3, 0.4) is 0 Å². The lowest BCUT2D eigenvalue weighted by atomic mass is 10.1. The van der Waals surface area contributed by atoms with Gasteiger partial charge < -0.3 is 14.4 Å². The molecule has 0 saturated carbocycles. The Morgan fingerprint density at radius 1 is 1.19 bits per heavy atom. The number of hydrogen-bond donors (Lipinski definition) is 0. The van der Waals surface area contributed by atoms with E-state index >= 15 is 0 Å². The van der Waals surface area contributed by atoms with Crippen molar-refractivity contribution in [3.05, 3.63) is 30.3 Å². The number of carbonyl (C=O) groups excluding carboxylic acids is 2. The van der Waals surface area contributed by atoms with Crippen LogP contribution >= 0.6 is 0 Å². The maximum absolute atomic E-state index is 12.0. The van der Waals surface area contributed by atoms with Gasteiger partial charge in [-0.05, 0) is 39.3 Å². The zero-order chi connectivity index (χ0) is 15.5. The summed E-state index contributed by atoms with van der Waals surface area (Å²) < 4.78 is 10.6. The number of hydrogen-bond acceptors (Lipinski definition) is 4. The normalized spacial score (nSPS) is 18.4. The second kappa shape index (κ2) is 6.16. The molecule has 1 aromatic rings. The highest BCUT2D eigenvalue weighted by Crippen LogP contribution is 2.22. The van der Waals surface area contributed by atoms with E-state index in [2.05, 4.69) is 0 Å². The quantitative estimate of drug-likeness (QED) is 0.786. The van der Waals surface area contributed by atoms with Crippen molar-refractivity contribution in [1.29, 1.82) is 0 Å². The van der Waals surface area contributed by atoms with E-state index < -0.39 is 11.7 Å². The fourth-order valence-electron chi connectivity index (χ4n) is 2.16. The zero-order valence-electron chi connectivity index (χ0n) is 12.7. The molecule has 1 saturated heterocycles.